The summed E-state index contributed by atoms with van der Waals surface area (Å²) >= 11 is 0. The van der Waals surface area contributed by atoms with Crippen molar-refractivity contribution in [3.05, 3.63) is 0 Å². The number of esters is 4. The van der Waals surface area contributed by atoms with E-state index in [9.17, 15) is 28.8 Å². The topological polar surface area (TPSA) is 139 Å². The molecule has 0 radical (unpaired) electrons. The van der Waals surface area contributed by atoms with Crippen LogP contribution in [-0.4, -0.2) is 61.9 Å². The molecule has 0 aromatic heterocycles. The molecular weight excluding hydrogens is 436 g/mol. The number of rotatable bonds is 18. The Labute approximate surface area is 194 Å². The Morgan fingerprint density at radius 1 is 0.636 bits per heavy atom. The summed E-state index contributed by atoms with van der Waals surface area (Å²) in [4.78, 5) is 70.0. The van der Waals surface area contributed by atoms with Crippen molar-refractivity contribution in [1.82, 2.24) is 0 Å². The van der Waals surface area contributed by atoms with Crippen molar-refractivity contribution in [3.8, 4) is 0 Å². The van der Waals surface area contributed by atoms with Crippen LogP contribution in [0.5, 0.6) is 0 Å². The summed E-state index contributed by atoms with van der Waals surface area (Å²) in [6.45, 7) is 6.54. The lowest BCUT2D eigenvalue weighted by Gasteiger charge is -2.14. The fourth-order valence-corrected chi connectivity index (χ4v) is 2.94. The molecule has 0 saturated heterocycles. The van der Waals surface area contributed by atoms with E-state index in [1.54, 1.807) is 13.8 Å². The Morgan fingerprint density at radius 3 is 1.61 bits per heavy atom. The number of hydrogen-bond donors (Lipinski definition) is 0. The first-order valence-corrected chi connectivity index (χ1v) is 11.2. The molecule has 0 spiro atoms. The zero-order valence-corrected chi connectivity index (χ0v) is 20.0. The van der Waals surface area contributed by atoms with Crippen LogP contribution >= 0.6 is 0 Å². The summed E-state index contributed by atoms with van der Waals surface area (Å²) in [6, 6.07) is 0. The second-order valence-corrected chi connectivity index (χ2v) is 7.54. The fourth-order valence-electron chi connectivity index (χ4n) is 2.94. The molecule has 2 atom stereocenters. The minimum Gasteiger partial charge on any atom is -0.466 e. The molecule has 10 heteroatoms. The molecule has 0 fully saturated rings. The van der Waals surface area contributed by atoms with E-state index in [4.69, 9.17) is 18.9 Å². The minimum absolute atomic E-state index is 0.00629. The lowest BCUT2D eigenvalue weighted by molar-refractivity contribution is -0.151. The Balaban J connectivity index is 4.12. The summed E-state index contributed by atoms with van der Waals surface area (Å²) in [6.07, 6.45) is 0.491. The summed E-state index contributed by atoms with van der Waals surface area (Å²) < 4.78 is 19.8. The van der Waals surface area contributed by atoms with Gasteiger partial charge in [0.05, 0.1) is 38.8 Å². The van der Waals surface area contributed by atoms with Gasteiger partial charge in [0.2, 0.25) is 0 Å². The van der Waals surface area contributed by atoms with Crippen molar-refractivity contribution in [2.24, 2.45) is 11.8 Å². The van der Waals surface area contributed by atoms with E-state index in [0.717, 1.165) is 0 Å². The van der Waals surface area contributed by atoms with E-state index in [-0.39, 0.29) is 82.9 Å². The van der Waals surface area contributed by atoms with Crippen LogP contribution in [0.4, 0.5) is 0 Å². The molecule has 0 saturated carbocycles. The second kappa shape index (κ2) is 17.7. The Bertz CT molecular complexity index is 670. The maximum absolute atomic E-state index is 11.9. The van der Waals surface area contributed by atoms with Crippen molar-refractivity contribution in [1.29, 1.82) is 0 Å². The number of carbonyl (C=O) groups is 6. The largest absolute Gasteiger partial charge is 0.466 e. The average molecular weight is 473 g/mol. The van der Waals surface area contributed by atoms with Crippen LogP contribution in [0.25, 0.3) is 0 Å². The van der Waals surface area contributed by atoms with E-state index in [0.29, 0.717) is 0 Å². The molecule has 0 aromatic carbocycles. The molecule has 0 bridgehead atoms. The number of ketones is 2. The Morgan fingerprint density at radius 2 is 1.15 bits per heavy atom. The fraction of sp³-hybridized carbons (Fsp3) is 0.739. The Kier molecular flexibility index (Phi) is 16.2. The summed E-state index contributed by atoms with van der Waals surface area (Å²) in [5.41, 5.74) is 0. The second-order valence-electron chi connectivity index (χ2n) is 7.54. The predicted molar refractivity (Wildman–Crippen MR) is 116 cm³/mol. The number of Topliss-reactive ketones (excluding diaryl/α,β-unsaturated/α-hetero) is 2. The van der Waals surface area contributed by atoms with Gasteiger partial charge in [0.15, 0.2) is 0 Å². The minimum atomic E-state index is -0.682. The van der Waals surface area contributed by atoms with Crippen LogP contribution in [0.15, 0.2) is 0 Å². The lowest BCUT2D eigenvalue weighted by Crippen LogP contribution is -2.22. The van der Waals surface area contributed by atoms with Gasteiger partial charge in [-0.2, -0.15) is 0 Å². The van der Waals surface area contributed by atoms with Gasteiger partial charge in [-0.15, -0.1) is 0 Å². The summed E-state index contributed by atoms with van der Waals surface area (Å²) in [5.74, 6) is -3.68. The van der Waals surface area contributed by atoms with E-state index < -0.39 is 35.7 Å². The standard InChI is InChI=1S/C23H36O10/c1-5-30-22(28)15-18(17(4)25)8-10-20(26)32-12-7-13-33-21(27)11-9-19(14-16(3)24)23(29)31-6-2/h18-19H,5-15H2,1-4H3. The highest BCUT2D eigenvalue weighted by Gasteiger charge is 2.23. The number of carbonyl (C=O) groups excluding carboxylic acids is 6. The van der Waals surface area contributed by atoms with Crippen molar-refractivity contribution < 1.29 is 47.7 Å². The lowest BCUT2D eigenvalue weighted by atomic mass is 9.95. The maximum Gasteiger partial charge on any atom is 0.309 e. The molecule has 33 heavy (non-hydrogen) atoms. The molecule has 10 nitrogen and oxygen atoms in total. The highest BCUT2D eigenvalue weighted by atomic mass is 16.5. The van der Waals surface area contributed by atoms with Gasteiger partial charge < -0.3 is 23.7 Å². The molecule has 0 aromatic rings. The average Bonchev–Trinajstić information content (AvgIpc) is 2.73. The van der Waals surface area contributed by atoms with Crippen molar-refractivity contribution in [2.75, 3.05) is 26.4 Å². The number of hydrogen-bond acceptors (Lipinski definition) is 10. The van der Waals surface area contributed by atoms with Gasteiger partial charge in [-0.1, -0.05) is 0 Å². The van der Waals surface area contributed by atoms with Crippen LogP contribution in [0, 0.1) is 11.8 Å². The predicted octanol–water partition coefficient (Wildman–Crippen LogP) is 2.34. The first kappa shape index (κ1) is 30.2. The van der Waals surface area contributed by atoms with Gasteiger partial charge in [-0.05, 0) is 40.5 Å². The molecule has 0 N–H and O–H groups in total. The third kappa shape index (κ3) is 15.6. The molecule has 0 heterocycles. The van der Waals surface area contributed by atoms with E-state index in [1.165, 1.54) is 13.8 Å². The molecule has 2 unspecified atom stereocenters. The van der Waals surface area contributed by atoms with E-state index >= 15 is 0 Å². The molecular formula is C23H36O10. The summed E-state index contributed by atoms with van der Waals surface area (Å²) in [5, 5.41) is 0. The first-order valence-electron chi connectivity index (χ1n) is 11.2. The van der Waals surface area contributed by atoms with Gasteiger partial charge in [-0.25, -0.2) is 0 Å². The highest BCUT2D eigenvalue weighted by Crippen LogP contribution is 2.16. The zero-order chi connectivity index (χ0) is 25.2. The normalized spacial score (nSPS) is 12.2. The molecule has 188 valence electrons. The van der Waals surface area contributed by atoms with E-state index in [2.05, 4.69) is 0 Å². The van der Waals surface area contributed by atoms with Crippen LogP contribution in [0.1, 0.15) is 72.6 Å². The smallest absolute Gasteiger partial charge is 0.309 e. The van der Waals surface area contributed by atoms with Crippen LogP contribution in [-0.2, 0) is 47.7 Å². The Hall–Kier alpha value is -2.78. The van der Waals surface area contributed by atoms with Crippen molar-refractivity contribution in [3.63, 3.8) is 0 Å². The van der Waals surface area contributed by atoms with Gasteiger partial charge in [-0.3, -0.25) is 24.0 Å². The van der Waals surface area contributed by atoms with Gasteiger partial charge in [0.25, 0.3) is 0 Å². The van der Waals surface area contributed by atoms with Crippen LogP contribution in [0.3, 0.4) is 0 Å². The third-order valence-corrected chi connectivity index (χ3v) is 4.66. The van der Waals surface area contributed by atoms with Crippen molar-refractivity contribution in [2.45, 2.75) is 72.6 Å². The molecule has 0 aliphatic heterocycles. The van der Waals surface area contributed by atoms with Gasteiger partial charge in [0.1, 0.15) is 11.6 Å². The van der Waals surface area contributed by atoms with Crippen LogP contribution in [0.2, 0.25) is 0 Å². The summed E-state index contributed by atoms with van der Waals surface area (Å²) in [7, 11) is 0. The third-order valence-electron chi connectivity index (χ3n) is 4.66. The van der Waals surface area contributed by atoms with E-state index in [1.807, 2.05) is 0 Å². The molecule has 0 aliphatic rings. The zero-order valence-electron chi connectivity index (χ0n) is 20.0. The maximum atomic E-state index is 11.9. The van der Waals surface area contributed by atoms with Gasteiger partial charge >= 0.3 is 23.9 Å². The first-order chi connectivity index (χ1) is 15.6. The van der Waals surface area contributed by atoms with Gasteiger partial charge in [0, 0.05) is 31.6 Å². The highest BCUT2D eigenvalue weighted by molar-refractivity contribution is 5.84. The monoisotopic (exact) mass is 472 g/mol. The van der Waals surface area contributed by atoms with Crippen molar-refractivity contribution >= 4 is 35.4 Å². The quantitative estimate of drug-likeness (QED) is 0.166. The van der Waals surface area contributed by atoms with Crippen LogP contribution < -0.4 is 0 Å². The number of ether oxygens (including phenoxy) is 4. The molecule has 0 rings (SSSR count). The SMILES string of the molecule is CCOC(=O)CC(CCC(=O)OCCCOC(=O)CCC(CC(C)=O)C(=O)OCC)C(C)=O. The molecule has 0 aliphatic carbocycles. The molecule has 0 amide bonds.